The van der Waals surface area contributed by atoms with Crippen LogP contribution in [0.4, 0.5) is 0 Å². The number of rotatable bonds is 3. The molecular formula is C15H18N2O. The average molecular weight is 242 g/mol. The molecule has 0 spiro atoms. The zero-order chi connectivity index (χ0) is 12.4. The molecule has 94 valence electrons. The van der Waals surface area contributed by atoms with Gasteiger partial charge >= 0.3 is 0 Å². The number of hydrogen-bond donors (Lipinski definition) is 1. The second-order valence-electron chi connectivity index (χ2n) is 4.76. The van der Waals surface area contributed by atoms with Crippen molar-refractivity contribution in [3.63, 3.8) is 0 Å². The lowest BCUT2D eigenvalue weighted by Gasteiger charge is -2.33. The van der Waals surface area contributed by atoms with E-state index in [2.05, 4.69) is 29.2 Å². The molecule has 0 fully saturated rings. The summed E-state index contributed by atoms with van der Waals surface area (Å²) < 4.78 is 5.51. The first kappa shape index (κ1) is 11.5. The Labute approximate surface area is 107 Å². The first-order chi connectivity index (χ1) is 8.88. The molecule has 2 aromatic rings. The highest BCUT2D eigenvalue weighted by atomic mass is 16.3. The van der Waals surface area contributed by atoms with Crippen LogP contribution in [-0.4, -0.2) is 18.0 Å². The highest BCUT2D eigenvalue weighted by Gasteiger charge is 2.25. The minimum absolute atomic E-state index is 0.188. The third kappa shape index (κ3) is 2.07. The second-order valence-corrected chi connectivity index (χ2v) is 4.76. The van der Waals surface area contributed by atoms with Gasteiger partial charge in [-0.2, -0.15) is 0 Å². The highest BCUT2D eigenvalue weighted by molar-refractivity contribution is 5.29. The maximum atomic E-state index is 5.91. The van der Waals surface area contributed by atoms with Crippen molar-refractivity contribution in [2.75, 3.05) is 13.1 Å². The Hall–Kier alpha value is -1.58. The van der Waals surface area contributed by atoms with Gasteiger partial charge in [-0.25, -0.2) is 0 Å². The topological polar surface area (TPSA) is 42.4 Å². The summed E-state index contributed by atoms with van der Waals surface area (Å²) in [4.78, 5) is 2.40. The summed E-state index contributed by atoms with van der Waals surface area (Å²) in [6, 6.07) is 12.8. The lowest BCUT2D eigenvalue weighted by atomic mass is 9.98. The van der Waals surface area contributed by atoms with E-state index >= 15 is 0 Å². The Morgan fingerprint density at radius 2 is 2.00 bits per heavy atom. The molecule has 0 radical (unpaired) electrons. The molecule has 3 rings (SSSR count). The van der Waals surface area contributed by atoms with Gasteiger partial charge in [-0.3, -0.25) is 4.90 Å². The van der Waals surface area contributed by atoms with Crippen molar-refractivity contribution in [3.05, 3.63) is 59.5 Å². The lowest BCUT2D eigenvalue weighted by molar-refractivity contribution is 0.163. The summed E-state index contributed by atoms with van der Waals surface area (Å²) in [6.07, 6.45) is 2.81. The molecule has 1 aromatic carbocycles. The largest absolute Gasteiger partial charge is 0.468 e. The summed E-state index contributed by atoms with van der Waals surface area (Å²) in [5.74, 6) is 0.969. The van der Waals surface area contributed by atoms with Gasteiger partial charge in [0.25, 0.3) is 0 Å². The van der Waals surface area contributed by atoms with E-state index in [1.165, 1.54) is 11.1 Å². The molecule has 0 aliphatic carbocycles. The quantitative estimate of drug-likeness (QED) is 0.898. The SMILES string of the molecule is NC[C@@H](c1ccco1)N1CCc2ccccc2C1. The average Bonchev–Trinajstić information content (AvgIpc) is 2.93. The Bertz CT molecular complexity index is 507. The van der Waals surface area contributed by atoms with Crippen LogP contribution < -0.4 is 5.73 Å². The standard InChI is InChI=1S/C15H18N2O/c16-10-14(15-6-3-9-18-15)17-8-7-12-4-1-2-5-13(12)11-17/h1-6,9,14H,7-8,10-11,16H2/t14-/m0/s1. The maximum absolute atomic E-state index is 5.91. The smallest absolute Gasteiger partial charge is 0.122 e. The Balaban J connectivity index is 1.82. The van der Waals surface area contributed by atoms with Gasteiger partial charge in [0.15, 0.2) is 0 Å². The van der Waals surface area contributed by atoms with Gasteiger partial charge in [0, 0.05) is 19.6 Å². The van der Waals surface area contributed by atoms with E-state index in [1.54, 1.807) is 6.26 Å². The van der Waals surface area contributed by atoms with Crippen molar-refractivity contribution in [2.24, 2.45) is 5.73 Å². The second kappa shape index (κ2) is 4.96. The van der Waals surface area contributed by atoms with Gasteiger partial charge < -0.3 is 10.2 Å². The molecule has 3 nitrogen and oxygen atoms in total. The minimum atomic E-state index is 0.188. The molecule has 1 aromatic heterocycles. The van der Waals surface area contributed by atoms with Crippen LogP contribution >= 0.6 is 0 Å². The van der Waals surface area contributed by atoms with E-state index in [4.69, 9.17) is 10.2 Å². The highest BCUT2D eigenvalue weighted by Crippen LogP contribution is 2.27. The zero-order valence-corrected chi connectivity index (χ0v) is 10.4. The number of fused-ring (bicyclic) bond motifs is 1. The predicted octanol–water partition coefficient (Wildman–Crippen LogP) is 2.34. The van der Waals surface area contributed by atoms with Crippen LogP contribution in [0.1, 0.15) is 22.9 Å². The normalized spacial score (nSPS) is 17.4. The molecule has 1 atom stereocenters. The van der Waals surface area contributed by atoms with Gasteiger partial charge in [0.2, 0.25) is 0 Å². The van der Waals surface area contributed by atoms with Crippen molar-refractivity contribution in [1.29, 1.82) is 0 Å². The first-order valence-corrected chi connectivity index (χ1v) is 6.43. The molecule has 0 saturated heterocycles. The molecule has 18 heavy (non-hydrogen) atoms. The number of nitrogens with zero attached hydrogens (tertiary/aromatic N) is 1. The van der Waals surface area contributed by atoms with Crippen molar-refractivity contribution < 1.29 is 4.42 Å². The molecular weight excluding hydrogens is 224 g/mol. The Morgan fingerprint density at radius 3 is 2.72 bits per heavy atom. The Morgan fingerprint density at radius 1 is 1.17 bits per heavy atom. The zero-order valence-electron chi connectivity index (χ0n) is 10.4. The van der Waals surface area contributed by atoms with Gasteiger partial charge in [0.05, 0.1) is 12.3 Å². The summed E-state index contributed by atoms with van der Waals surface area (Å²) in [7, 11) is 0. The maximum Gasteiger partial charge on any atom is 0.122 e. The van der Waals surface area contributed by atoms with E-state index in [0.29, 0.717) is 6.54 Å². The van der Waals surface area contributed by atoms with Gasteiger partial charge in [-0.05, 0) is 29.7 Å². The van der Waals surface area contributed by atoms with E-state index < -0.39 is 0 Å². The van der Waals surface area contributed by atoms with Gasteiger partial charge in [-0.15, -0.1) is 0 Å². The first-order valence-electron chi connectivity index (χ1n) is 6.43. The molecule has 0 amide bonds. The van der Waals surface area contributed by atoms with E-state index in [0.717, 1.165) is 25.3 Å². The van der Waals surface area contributed by atoms with Crippen LogP contribution in [0.15, 0.2) is 47.1 Å². The summed E-state index contributed by atoms with van der Waals surface area (Å²) in [5, 5.41) is 0. The fraction of sp³-hybridized carbons (Fsp3) is 0.333. The summed E-state index contributed by atoms with van der Waals surface area (Å²) in [5.41, 5.74) is 8.79. The van der Waals surface area contributed by atoms with Crippen molar-refractivity contribution in [3.8, 4) is 0 Å². The molecule has 3 heteroatoms. The Kier molecular flexibility index (Phi) is 3.17. The number of nitrogens with two attached hydrogens (primary N) is 1. The van der Waals surface area contributed by atoms with Gasteiger partial charge in [-0.1, -0.05) is 24.3 Å². The number of benzene rings is 1. The van der Waals surface area contributed by atoms with Crippen molar-refractivity contribution >= 4 is 0 Å². The van der Waals surface area contributed by atoms with Crippen LogP contribution in [-0.2, 0) is 13.0 Å². The van der Waals surface area contributed by atoms with Crippen molar-refractivity contribution in [2.45, 2.75) is 19.0 Å². The fourth-order valence-corrected chi connectivity index (χ4v) is 2.71. The summed E-state index contributed by atoms with van der Waals surface area (Å²) >= 11 is 0. The molecule has 0 bridgehead atoms. The third-order valence-electron chi connectivity index (χ3n) is 3.70. The molecule has 1 aliphatic rings. The predicted molar refractivity (Wildman–Crippen MR) is 71.1 cm³/mol. The van der Waals surface area contributed by atoms with Crippen LogP contribution in [0.2, 0.25) is 0 Å². The van der Waals surface area contributed by atoms with Crippen LogP contribution in [0.3, 0.4) is 0 Å². The van der Waals surface area contributed by atoms with E-state index in [-0.39, 0.29) is 6.04 Å². The monoisotopic (exact) mass is 242 g/mol. The molecule has 0 saturated carbocycles. The molecule has 0 unspecified atom stereocenters. The fourth-order valence-electron chi connectivity index (χ4n) is 2.71. The number of hydrogen-bond acceptors (Lipinski definition) is 3. The molecule has 2 N–H and O–H groups in total. The van der Waals surface area contributed by atoms with E-state index in [9.17, 15) is 0 Å². The minimum Gasteiger partial charge on any atom is -0.468 e. The van der Waals surface area contributed by atoms with Crippen LogP contribution in [0.5, 0.6) is 0 Å². The van der Waals surface area contributed by atoms with E-state index in [1.807, 2.05) is 12.1 Å². The number of furan rings is 1. The van der Waals surface area contributed by atoms with Crippen LogP contribution in [0.25, 0.3) is 0 Å². The lowest BCUT2D eigenvalue weighted by Crippen LogP contribution is -2.37. The molecule has 1 aliphatic heterocycles. The van der Waals surface area contributed by atoms with Crippen molar-refractivity contribution in [1.82, 2.24) is 4.90 Å². The summed E-state index contributed by atoms with van der Waals surface area (Å²) in [6.45, 7) is 2.59. The third-order valence-corrected chi connectivity index (χ3v) is 3.70. The molecule has 2 heterocycles. The van der Waals surface area contributed by atoms with Crippen LogP contribution in [0, 0.1) is 0 Å². The van der Waals surface area contributed by atoms with Gasteiger partial charge in [0.1, 0.15) is 5.76 Å².